The smallest absolute Gasteiger partial charge is 0.115 e. The third-order valence-corrected chi connectivity index (χ3v) is 5.56. The maximum absolute atomic E-state index is 5.92. The van der Waals surface area contributed by atoms with Crippen LogP contribution in [0.2, 0.25) is 0 Å². The van der Waals surface area contributed by atoms with E-state index in [4.69, 9.17) is 4.74 Å². The van der Waals surface area contributed by atoms with Crippen LogP contribution in [-0.4, -0.2) is 0 Å². The van der Waals surface area contributed by atoms with Crippen molar-refractivity contribution in [3.05, 3.63) is 57.4 Å². The molecule has 20 heavy (non-hydrogen) atoms. The molecule has 106 valence electrons. The zero-order valence-corrected chi connectivity index (χ0v) is 14.0. The molecular weight excluding hydrogens is 359 g/mol. The van der Waals surface area contributed by atoms with Crippen molar-refractivity contribution in [1.82, 2.24) is 0 Å². The highest BCUT2D eigenvalue weighted by molar-refractivity contribution is 14.1. The molecule has 0 spiro atoms. The van der Waals surface area contributed by atoms with Crippen LogP contribution in [0.15, 0.2) is 48.3 Å². The van der Waals surface area contributed by atoms with Gasteiger partial charge in [-0.1, -0.05) is 37.6 Å². The van der Waals surface area contributed by atoms with Crippen LogP contribution < -0.4 is 0 Å². The quantitative estimate of drug-likeness (QED) is 0.629. The van der Waals surface area contributed by atoms with Gasteiger partial charge in [-0.3, -0.25) is 0 Å². The van der Waals surface area contributed by atoms with E-state index in [1.807, 2.05) is 0 Å². The fourth-order valence-electron chi connectivity index (χ4n) is 3.08. The molecule has 0 aromatic heterocycles. The molecular formula is C18H21IO. The minimum absolute atomic E-state index is 0.668. The lowest BCUT2D eigenvalue weighted by atomic mass is 9.93. The highest BCUT2D eigenvalue weighted by atomic mass is 127. The molecule has 3 atom stereocenters. The first-order valence-electron chi connectivity index (χ1n) is 7.52. The van der Waals surface area contributed by atoms with Gasteiger partial charge in [-0.25, -0.2) is 0 Å². The lowest BCUT2D eigenvalue weighted by Crippen LogP contribution is -2.05. The predicted octanol–water partition coefficient (Wildman–Crippen LogP) is 5.31. The number of hydrogen-bond donors (Lipinski definition) is 0. The summed E-state index contributed by atoms with van der Waals surface area (Å²) < 4.78 is 7.19. The number of halogens is 1. The van der Waals surface area contributed by atoms with E-state index in [1.54, 1.807) is 0 Å². The first-order chi connectivity index (χ1) is 9.78. The van der Waals surface area contributed by atoms with Crippen LogP contribution in [0.1, 0.15) is 31.7 Å². The van der Waals surface area contributed by atoms with Gasteiger partial charge in [0.25, 0.3) is 0 Å². The summed E-state index contributed by atoms with van der Waals surface area (Å²) in [5.41, 5.74) is 1.26. The Morgan fingerprint density at radius 3 is 2.80 bits per heavy atom. The predicted molar refractivity (Wildman–Crippen MR) is 91.2 cm³/mol. The molecule has 0 heterocycles. The van der Waals surface area contributed by atoms with Crippen molar-refractivity contribution in [2.75, 3.05) is 0 Å². The molecule has 1 nitrogen and oxygen atoms in total. The summed E-state index contributed by atoms with van der Waals surface area (Å²) >= 11 is 2.36. The number of hydrogen-bond acceptors (Lipinski definition) is 1. The monoisotopic (exact) mass is 380 g/mol. The van der Waals surface area contributed by atoms with Crippen molar-refractivity contribution in [1.29, 1.82) is 0 Å². The molecule has 0 radical (unpaired) electrons. The molecule has 1 fully saturated rings. The molecule has 2 aliphatic carbocycles. The van der Waals surface area contributed by atoms with Crippen LogP contribution in [0.3, 0.4) is 0 Å². The van der Waals surface area contributed by atoms with Crippen molar-refractivity contribution < 1.29 is 4.74 Å². The van der Waals surface area contributed by atoms with Crippen LogP contribution in [0, 0.1) is 21.3 Å². The molecule has 1 unspecified atom stereocenters. The molecule has 1 aromatic rings. The average Bonchev–Trinajstić information content (AvgIpc) is 3.27. The topological polar surface area (TPSA) is 9.23 Å². The lowest BCUT2D eigenvalue weighted by molar-refractivity contribution is 0.206. The van der Waals surface area contributed by atoms with Gasteiger partial charge in [0, 0.05) is 9.13 Å². The zero-order chi connectivity index (χ0) is 13.9. The highest BCUT2D eigenvalue weighted by Gasteiger charge is 2.40. The van der Waals surface area contributed by atoms with E-state index in [2.05, 4.69) is 72.0 Å². The van der Waals surface area contributed by atoms with Gasteiger partial charge in [-0.15, -0.1) is 0 Å². The van der Waals surface area contributed by atoms with E-state index in [9.17, 15) is 0 Å². The van der Waals surface area contributed by atoms with Gasteiger partial charge in [-0.05, 0) is 71.4 Å². The Morgan fingerprint density at radius 1 is 1.30 bits per heavy atom. The van der Waals surface area contributed by atoms with Crippen molar-refractivity contribution in [2.24, 2.45) is 17.8 Å². The lowest BCUT2D eigenvalue weighted by Gasteiger charge is -2.17. The fraction of sp³-hybridized carbons (Fsp3) is 0.444. The minimum Gasteiger partial charge on any atom is -0.489 e. The van der Waals surface area contributed by atoms with Gasteiger partial charge in [0.1, 0.15) is 12.4 Å². The van der Waals surface area contributed by atoms with Gasteiger partial charge in [0.15, 0.2) is 0 Å². The first kappa shape index (κ1) is 14.2. The van der Waals surface area contributed by atoms with E-state index in [0.29, 0.717) is 6.61 Å². The fourth-order valence-corrected chi connectivity index (χ4v) is 3.63. The van der Waals surface area contributed by atoms with E-state index >= 15 is 0 Å². The van der Waals surface area contributed by atoms with Crippen molar-refractivity contribution >= 4 is 22.6 Å². The summed E-state index contributed by atoms with van der Waals surface area (Å²) in [5, 5.41) is 0. The number of ether oxygens (including phenoxy) is 1. The van der Waals surface area contributed by atoms with Gasteiger partial charge >= 0.3 is 0 Å². The Morgan fingerprint density at radius 2 is 2.15 bits per heavy atom. The largest absolute Gasteiger partial charge is 0.489 e. The van der Waals surface area contributed by atoms with Gasteiger partial charge < -0.3 is 4.74 Å². The molecule has 1 saturated carbocycles. The van der Waals surface area contributed by atoms with Gasteiger partial charge in [0.05, 0.1) is 0 Å². The second kappa shape index (κ2) is 6.33. The standard InChI is InChI=1S/C18H21IO/c1-2-13-11-17(13)14-7-9-16(10-8-14)20-12-15-5-3-4-6-18(15)19/h3-7,9-10,13-14,17H,2,8,11-12H2,1H3/t13-,14?,17-/m0/s1. The molecule has 0 saturated heterocycles. The normalized spacial score (nSPS) is 28.1. The maximum Gasteiger partial charge on any atom is 0.115 e. The Kier molecular flexibility index (Phi) is 4.49. The van der Waals surface area contributed by atoms with Crippen LogP contribution >= 0.6 is 22.6 Å². The average molecular weight is 380 g/mol. The summed E-state index contributed by atoms with van der Waals surface area (Å²) in [7, 11) is 0. The third-order valence-electron chi connectivity index (χ3n) is 4.50. The number of rotatable bonds is 5. The number of benzene rings is 1. The van der Waals surface area contributed by atoms with Crippen molar-refractivity contribution in [3.8, 4) is 0 Å². The molecule has 0 amide bonds. The molecule has 1 aromatic carbocycles. The Balaban J connectivity index is 1.51. The second-order valence-corrected chi connectivity index (χ2v) is 6.98. The molecule has 0 N–H and O–H groups in total. The maximum atomic E-state index is 5.92. The Bertz CT molecular complexity index is 532. The van der Waals surface area contributed by atoms with Crippen LogP contribution in [0.25, 0.3) is 0 Å². The van der Waals surface area contributed by atoms with Crippen LogP contribution in [-0.2, 0) is 11.3 Å². The molecule has 2 heteroatoms. The summed E-state index contributed by atoms with van der Waals surface area (Å²) in [5.74, 6) is 3.70. The van der Waals surface area contributed by atoms with E-state index in [-0.39, 0.29) is 0 Å². The molecule has 0 aliphatic heterocycles. The molecule has 2 aliphatic rings. The van der Waals surface area contributed by atoms with Crippen LogP contribution in [0.5, 0.6) is 0 Å². The van der Waals surface area contributed by atoms with Crippen molar-refractivity contribution in [2.45, 2.75) is 32.8 Å². The summed E-state index contributed by atoms with van der Waals surface area (Å²) in [6.45, 7) is 2.98. The summed E-state index contributed by atoms with van der Waals surface area (Å²) in [6, 6.07) is 8.39. The van der Waals surface area contributed by atoms with Gasteiger partial charge in [-0.2, -0.15) is 0 Å². The number of allylic oxidation sites excluding steroid dienone is 3. The van der Waals surface area contributed by atoms with Crippen molar-refractivity contribution in [3.63, 3.8) is 0 Å². The highest BCUT2D eigenvalue weighted by Crippen LogP contribution is 2.49. The summed E-state index contributed by atoms with van der Waals surface area (Å²) in [4.78, 5) is 0. The van der Waals surface area contributed by atoms with Crippen LogP contribution in [0.4, 0.5) is 0 Å². The third kappa shape index (κ3) is 3.27. The Hall–Kier alpha value is -0.770. The van der Waals surface area contributed by atoms with E-state index < -0.39 is 0 Å². The molecule has 0 bridgehead atoms. The zero-order valence-electron chi connectivity index (χ0n) is 11.9. The minimum atomic E-state index is 0.668. The van der Waals surface area contributed by atoms with E-state index in [1.165, 1.54) is 22.0 Å². The Labute approximate surface area is 135 Å². The molecule has 3 rings (SSSR count). The SMILES string of the molecule is CC[C@H]1C[C@@H]1C1C=CC(OCc2ccccc2I)=CC1. The first-order valence-corrected chi connectivity index (χ1v) is 8.60. The van der Waals surface area contributed by atoms with E-state index in [0.717, 1.165) is 29.9 Å². The van der Waals surface area contributed by atoms with Gasteiger partial charge in [0.2, 0.25) is 0 Å². The summed E-state index contributed by atoms with van der Waals surface area (Å²) in [6.07, 6.45) is 10.7. The second-order valence-electron chi connectivity index (χ2n) is 5.81.